The summed E-state index contributed by atoms with van der Waals surface area (Å²) >= 11 is 0. The fraction of sp³-hybridized carbons (Fsp3) is 0.520. The Hall–Kier alpha value is -2.40. The Morgan fingerprint density at radius 3 is 2.26 bits per heavy atom. The molecule has 0 radical (unpaired) electrons. The normalized spacial score (nSPS) is 16.4. The molecule has 1 rings (SSSR count). The molecular weight excluding hydrogens is 475 g/mol. The average molecular weight is 513 g/mol. The van der Waals surface area contributed by atoms with Crippen LogP contribution in [0.2, 0.25) is 0 Å². The van der Waals surface area contributed by atoms with E-state index in [0.717, 1.165) is 21.7 Å². The lowest BCUT2D eigenvalue weighted by atomic mass is 9.91. The lowest BCUT2D eigenvalue weighted by Gasteiger charge is -2.23. The number of hydrogen-bond acceptors (Lipinski definition) is 7. The highest BCUT2D eigenvalue weighted by Gasteiger charge is 2.21. The van der Waals surface area contributed by atoms with E-state index < -0.39 is 34.4 Å². The van der Waals surface area contributed by atoms with E-state index in [1.54, 1.807) is 25.1 Å². The molecule has 0 saturated heterocycles. The molecule has 0 bridgehead atoms. The van der Waals surface area contributed by atoms with Gasteiger partial charge in [0, 0.05) is 19.2 Å². The lowest BCUT2D eigenvalue weighted by Crippen LogP contribution is -2.34. The van der Waals surface area contributed by atoms with Gasteiger partial charge in [0.2, 0.25) is 10.0 Å². The van der Waals surface area contributed by atoms with Gasteiger partial charge in [0.25, 0.3) is 0 Å². The maximum absolute atomic E-state index is 13.5. The van der Waals surface area contributed by atoms with E-state index in [0.29, 0.717) is 11.3 Å². The number of allylic oxidation sites excluding steroid dienone is 3. The second kappa shape index (κ2) is 13.6. The number of nitrogens with zero attached hydrogens (tertiary/aromatic N) is 2. The van der Waals surface area contributed by atoms with Gasteiger partial charge in [-0.05, 0) is 48.6 Å². The van der Waals surface area contributed by atoms with Crippen molar-refractivity contribution in [2.24, 2.45) is 10.9 Å². The summed E-state index contributed by atoms with van der Waals surface area (Å²) in [7, 11) is -0.820. The van der Waals surface area contributed by atoms with Crippen LogP contribution in [0.25, 0.3) is 5.57 Å². The van der Waals surface area contributed by atoms with Crippen LogP contribution in [0.3, 0.4) is 0 Å². The summed E-state index contributed by atoms with van der Waals surface area (Å²) in [5, 5.41) is 20.5. The molecule has 0 amide bonds. The van der Waals surface area contributed by atoms with Crippen LogP contribution in [0.15, 0.2) is 47.0 Å². The van der Waals surface area contributed by atoms with E-state index >= 15 is 0 Å². The van der Waals surface area contributed by atoms with Crippen LogP contribution in [0.5, 0.6) is 0 Å². The minimum absolute atomic E-state index is 0.0875. The van der Waals surface area contributed by atoms with Gasteiger partial charge in [0.1, 0.15) is 12.0 Å². The van der Waals surface area contributed by atoms with Gasteiger partial charge in [-0.15, -0.1) is 0 Å². The first-order chi connectivity index (χ1) is 16.2. The average Bonchev–Trinajstić information content (AvgIpc) is 2.76. The Morgan fingerprint density at radius 1 is 1.20 bits per heavy atom. The Labute approximate surface area is 207 Å². The summed E-state index contributed by atoms with van der Waals surface area (Å²) in [5.41, 5.74) is 2.68. The van der Waals surface area contributed by atoms with Crippen molar-refractivity contribution in [1.82, 2.24) is 4.31 Å². The number of esters is 1. The first-order valence-corrected chi connectivity index (χ1v) is 13.1. The minimum atomic E-state index is -3.48. The van der Waals surface area contributed by atoms with Gasteiger partial charge in [0.15, 0.2) is 0 Å². The number of benzene rings is 1. The molecule has 0 aliphatic carbocycles. The summed E-state index contributed by atoms with van der Waals surface area (Å²) in [5.74, 6) is -1.09. The summed E-state index contributed by atoms with van der Waals surface area (Å²) in [4.78, 5) is 16.0. The molecule has 0 saturated carbocycles. The van der Waals surface area contributed by atoms with Gasteiger partial charge in [-0.3, -0.25) is 9.79 Å². The maximum atomic E-state index is 13.5. The van der Waals surface area contributed by atoms with Gasteiger partial charge in [-0.25, -0.2) is 12.8 Å². The number of aliphatic hydroxyl groups is 2. The minimum Gasteiger partial charge on any atom is -0.469 e. The smallest absolute Gasteiger partial charge is 0.308 e. The van der Waals surface area contributed by atoms with Crippen molar-refractivity contribution in [3.63, 3.8) is 0 Å². The highest BCUT2D eigenvalue weighted by Crippen LogP contribution is 2.25. The van der Waals surface area contributed by atoms with E-state index in [1.807, 2.05) is 20.8 Å². The highest BCUT2D eigenvalue weighted by molar-refractivity contribution is 7.88. The molecule has 8 nitrogen and oxygen atoms in total. The van der Waals surface area contributed by atoms with Crippen molar-refractivity contribution >= 4 is 27.3 Å². The van der Waals surface area contributed by atoms with E-state index in [4.69, 9.17) is 0 Å². The van der Waals surface area contributed by atoms with Crippen LogP contribution >= 0.6 is 0 Å². The molecule has 1 aromatic rings. The molecule has 3 atom stereocenters. The standard InChI is InChI=1S/C25H37FN2O6S/c1-16(2)25(27-18(4)28(5)35(7,32)33)23(17(3)19-8-10-20(26)11-9-19)13-12-21(29)14-22(30)15-24(31)34-6/h8-13,16,18,21-22,29-30H,14-15H2,1-7H3/b13-12+,23-17+,27-25-/t18?,21-,22-/m1/s1. The summed E-state index contributed by atoms with van der Waals surface area (Å²) in [6, 6.07) is 5.92. The second-order valence-corrected chi connectivity index (χ2v) is 10.8. The highest BCUT2D eigenvalue weighted by atomic mass is 32.2. The van der Waals surface area contributed by atoms with E-state index in [2.05, 4.69) is 9.73 Å². The van der Waals surface area contributed by atoms with Crippen molar-refractivity contribution in [2.75, 3.05) is 20.4 Å². The number of ether oxygens (including phenoxy) is 1. The van der Waals surface area contributed by atoms with Gasteiger partial charge < -0.3 is 14.9 Å². The third-order valence-electron chi connectivity index (χ3n) is 5.51. The Bertz CT molecular complexity index is 1050. The number of carbonyl (C=O) groups excluding carboxylic acids is 1. The van der Waals surface area contributed by atoms with Crippen molar-refractivity contribution in [3.05, 3.63) is 53.4 Å². The van der Waals surface area contributed by atoms with E-state index in [-0.39, 0.29) is 24.6 Å². The SMILES string of the molecule is COC(=O)C[C@H](O)C[C@H](O)/C=C/C(C(=N\C(C)N(C)S(C)(=O)=O)/C(C)C)=C(/C)c1ccc(F)cc1. The van der Waals surface area contributed by atoms with Gasteiger partial charge >= 0.3 is 5.97 Å². The molecule has 0 aromatic heterocycles. The molecule has 0 aliphatic rings. The number of aliphatic hydroxyl groups excluding tert-OH is 2. The summed E-state index contributed by atoms with van der Waals surface area (Å²) in [6.07, 6.45) is 1.04. The quantitative estimate of drug-likeness (QED) is 0.252. The molecular formula is C25H37FN2O6S. The molecule has 35 heavy (non-hydrogen) atoms. The number of methoxy groups -OCH3 is 1. The van der Waals surface area contributed by atoms with Crippen LogP contribution in [-0.2, 0) is 19.6 Å². The maximum Gasteiger partial charge on any atom is 0.308 e. The van der Waals surface area contributed by atoms with E-state index in [1.165, 1.54) is 32.4 Å². The lowest BCUT2D eigenvalue weighted by molar-refractivity contribution is -0.143. The molecule has 1 unspecified atom stereocenters. The molecule has 0 fully saturated rings. The number of aliphatic imine (C=N–C) groups is 1. The molecule has 0 heterocycles. The van der Waals surface area contributed by atoms with Crippen LogP contribution < -0.4 is 0 Å². The van der Waals surface area contributed by atoms with Crippen LogP contribution in [0.4, 0.5) is 4.39 Å². The Kier molecular flexibility index (Phi) is 11.9. The molecule has 196 valence electrons. The second-order valence-electron chi connectivity index (χ2n) is 8.72. The molecule has 10 heteroatoms. The van der Waals surface area contributed by atoms with Crippen LogP contribution in [0, 0.1) is 11.7 Å². The Morgan fingerprint density at radius 2 is 1.77 bits per heavy atom. The van der Waals surface area contributed by atoms with Gasteiger partial charge in [-0.1, -0.05) is 38.1 Å². The van der Waals surface area contributed by atoms with Crippen molar-refractivity contribution < 1.29 is 32.6 Å². The third kappa shape index (κ3) is 10.0. The fourth-order valence-electron chi connectivity index (χ4n) is 3.27. The zero-order chi connectivity index (χ0) is 26.9. The van der Waals surface area contributed by atoms with Gasteiger partial charge in [0.05, 0.1) is 32.0 Å². The molecule has 0 aliphatic heterocycles. The number of sulfonamides is 1. The molecule has 0 spiro atoms. The molecule has 2 N–H and O–H groups in total. The van der Waals surface area contributed by atoms with Crippen LogP contribution in [-0.4, -0.2) is 73.4 Å². The zero-order valence-electron chi connectivity index (χ0n) is 21.4. The van der Waals surface area contributed by atoms with Gasteiger partial charge in [-0.2, -0.15) is 4.31 Å². The topological polar surface area (TPSA) is 116 Å². The largest absolute Gasteiger partial charge is 0.469 e. The van der Waals surface area contributed by atoms with Crippen molar-refractivity contribution in [3.8, 4) is 0 Å². The third-order valence-corrected chi connectivity index (χ3v) is 6.86. The number of halogens is 1. The zero-order valence-corrected chi connectivity index (χ0v) is 22.2. The number of carbonyl (C=O) groups is 1. The number of rotatable bonds is 12. The number of hydrogen-bond donors (Lipinski definition) is 2. The van der Waals surface area contributed by atoms with Crippen LogP contribution in [0.1, 0.15) is 46.1 Å². The molecule has 1 aromatic carbocycles. The summed E-state index contributed by atoms with van der Waals surface area (Å²) < 4.78 is 43.2. The predicted molar refractivity (Wildman–Crippen MR) is 136 cm³/mol. The Balaban J connectivity index is 3.49. The van der Waals surface area contributed by atoms with Crippen molar-refractivity contribution in [2.45, 2.75) is 58.9 Å². The van der Waals surface area contributed by atoms with E-state index in [9.17, 15) is 27.8 Å². The summed E-state index contributed by atoms with van der Waals surface area (Å²) in [6.45, 7) is 7.31. The predicted octanol–water partition coefficient (Wildman–Crippen LogP) is 3.16. The first kappa shape index (κ1) is 30.6. The monoisotopic (exact) mass is 512 g/mol. The van der Waals surface area contributed by atoms with Crippen molar-refractivity contribution in [1.29, 1.82) is 0 Å². The first-order valence-electron chi connectivity index (χ1n) is 11.3. The fourth-order valence-corrected chi connectivity index (χ4v) is 3.87.